The number of thiophene rings is 1. The molecule has 7 heteroatoms. The molecular formula is C19H28N4O2S. The number of fused-ring (bicyclic) bond motifs is 1. The third-order valence-corrected chi connectivity index (χ3v) is 5.75. The first-order valence-corrected chi connectivity index (χ1v) is 10.0. The van der Waals surface area contributed by atoms with Gasteiger partial charge in [0.25, 0.3) is 5.56 Å². The van der Waals surface area contributed by atoms with Crippen molar-refractivity contribution >= 4 is 27.5 Å². The van der Waals surface area contributed by atoms with Crippen LogP contribution in [0.4, 0.5) is 0 Å². The van der Waals surface area contributed by atoms with Crippen LogP contribution >= 0.6 is 11.3 Å². The molecule has 1 N–H and O–H groups in total. The third-order valence-electron chi connectivity index (χ3n) is 4.79. The van der Waals surface area contributed by atoms with Crippen molar-refractivity contribution in [1.82, 2.24) is 19.8 Å². The van der Waals surface area contributed by atoms with Gasteiger partial charge in [0.1, 0.15) is 11.4 Å². The molecule has 1 unspecified atom stereocenters. The Labute approximate surface area is 158 Å². The van der Waals surface area contributed by atoms with Crippen molar-refractivity contribution in [3.8, 4) is 0 Å². The molecule has 1 atom stereocenters. The topological polar surface area (TPSA) is 67.2 Å². The molecule has 3 heterocycles. The van der Waals surface area contributed by atoms with Gasteiger partial charge in [-0.2, -0.15) is 0 Å². The maximum atomic E-state index is 12.5. The molecule has 2 aromatic heterocycles. The van der Waals surface area contributed by atoms with Crippen LogP contribution in [0.25, 0.3) is 10.2 Å². The number of piperidine rings is 1. The summed E-state index contributed by atoms with van der Waals surface area (Å²) >= 11 is 1.49. The van der Waals surface area contributed by atoms with Gasteiger partial charge >= 0.3 is 0 Å². The zero-order valence-corrected chi connectivity index (χ0v) is 16.9. The maximum Gasteiger partial charge on any atom is 0.262 e. The molecule has 1 amide bonds. The summed E-state index contributed by atoms with van der Waals surface area (Å²) in [6, 6.07) is 1.84. The predicted molar refractivity (Wildman–Crippen MR) is 106 cm³/mol. The summed E-state index contributed by atoms with van der Waals surface area (Å²) in [5.41, 5.74) is -0.494. The average Bonchev–Trinajstić information content (AvgIpc) is 2.90. The normalized spacial score (nSPS) is 19.0. The first kappa shape index (κ1) is 19.0. The monoisotopic (exact) mass is 376 g/mol. The molecule has 0 saturated carbocycles. The van der Waals surface area contributed by atoms with Gasteiger partial charge < -0.3 is 10.2 Å². The zero-order valence-electron chi connectivity index (χ0n) is 16.0. The molecule has 1 aliphatic rings. The van der Waals surface area contributed by atoms with Gasteiger partial charge in [-0.3, -0.25) is 14.2 Å². The number of aryl methyl sites for hydroxylation is 1. The quantitative estimate of drug-likeness (QED) is 0.870. The van der Waals surface area contributed by atoms with Crippen molar-refractivity contribution in [3.05, 3.63) is 27.6 Å². The van der Waals surface area contributed by atoms with Gasteiger partial charge in [0.15, 0.2) is 0 Å². The van der Waals surface area contributed by atoms with Crippen molar-refractivity contribution in [2.75, 3.05) is 19.6 Å². The molecule has 2 aromatic rings. The van der Waals surface area contributed by atoms with Crippen molar-refractivity contribution in [2.24, 2.45) is 5.92 Å². The van der Waals surface area contributed by atoms with E-state index in [1.807, 2.05) is 26.8 Å². The van der Waals surface area contributed by atoms with Crippen LogP contribution in [0.3, 0.4) is 0 Å². The Bertz CT molecular complexity index is 855. The second-order valence-corrected chi connectivity index (χ2v) is 9.40. The molecule has 0 spiro atoms. The fourth-order valence-electron chi connectivity index (χ4n) is 3.79. The van der Waals surface area contributed by atoms with E-state index in [2.05, 4.69) is 22.1 Å². The number of rotatable bonds is 5. The molecule has 26 heavy (non-hydrogen) atoms. The third kappa shape index (κ3) is 4.51. The summed E-state index contributed by atoms with van der Waals surface area (Å²) in [5, 5.41) is 3.67. The highest BCUT2D eigenvalue weighted by atomic mass is 32.1. The van der Waals surface area contributed by atoms with Gasteiger partial charge in [0.05, 0.1) is 11.7 Å². The number of aromatic nitrogens is 2. The van der Waals surface area contributed by atoms with Crippen LogP contribution in [0.1, 0.15) is 38.5 Å². The zero-order chi connectivity index (χ0) is 18.9. The Morgan fingerprint density at radius 2 is 2.23 bits per heavy atom. The van der Waals surface area contributed by atoms with Crippen LogP contribution < -0.4 is 10.9 Å². The molecule has 1 saturated heterocycles. The highest BCUT2D eigenvalue weighted by Crippen LogP contribution is 2.20. The molecular weight excluding hydrogens is 348 g/mol. The fourth-order valence-corrected chi connectivity index (χ4v) is 4.63. The van der Waals surface area contributed by atoms with Gasteiger partial charge in [-0.15, -0.1) is 11.3 Å². The van der Waals surface area contributed by atoms with Crippen molar-refractivity contribution in [3.63, 3.8) is 0 Å². The highest BCUT2D eigenvalue weighted by molar-refractivity contribution is 7.18. The van der Waals surface area contributed by atoms with E-state index < -0.39 is 0 Å². The molecule has 1 aliphatic heterocycles. The molecule has 0 bridgehead atoms. The minimum absolute atomic E-state index is 0.00347. The smallest absolute Gasteiger partial charge is 0.262 e. The summed E-state index contributed by atoms with van der Waals surface area (Å²) in [4.78, 5) is 33.5. The Hall–Kier alpha value is -1.73. The van der Waals surface area contributed by atoms with E-state index in [0.717, 1.165) is 29.3 Å². The summed E-state index contributed by atoms with van der Waals surface area (Å²) in [5.74, 6) is 0.552. The van der Waals surface area contributed by atoms with E-state index in [-0.39, 0.29) is 23.6 Å². The van der Waals surface area contributed by atoms with Crippen LogP contribution in [-0.4, -0.2) is 45.5 Å². The molecule has 0 aliphatic carbocycles. The van der Waals surface area contributed by atoms with E-state index in [4.69, 9.17) is 0 Å². The van der Waals surface area contributed by atoms with Gasteiger partial charge in [-0.1, -0.05) is 6.92 Å². The number of nitrogens with zero attached hydrogens (tertiary/aromatic N) is 3. The van der Waals surface area contributed by atoms with Gasteiger partial charge in [-0.05, 0) is 52.1 Å². The lowest BCUT2D eigenvalue weighted by atomic mass is 9.97. The number of likely N-dealkylation sites (tertiary alicyclic amines) is 1. The Kier molecular flexibility index (Phi) is 5.48. The molecule has 142 valence electrons. The van der Waals surface area contributed by atoms with E-state index in [1.54, 1.807) is 0 Å². The summed E-state index contributed by atoms with van der Waals surface area (Å²) in [6.07, 6.45) is 3.97. The van der Waals surface area contributed by atoms with E-state index in [1.165, 1.54) is 35.1 Å². The summed E-state index contributed by atoms with van der Waals surface area (Å²) in [7, 11) is 0. The van der Waals surface area contributed by atoms with Crippen LogP contribution in [0.15, 0.2) is 17.2 Å². The van der Waals surface area contributed by atoms with Crippen LogP contribution in [0, 0.1) is 12.8 Å². The standard InChI is InChI=1S/C19H28N4O2S/c1-13-6-5-7-22(9-13)11-19(3,4)21-16(24)10-23-12-20-17-15(18(23)25)8-14(2)26-17/h8,12-13H,5-7,9-11H2,1-4H3,(H,21,24). The molecule has 0 aromatic carbocycles. The van der Waals surface area contributed by atoms with Gasteiger partial charge in [-0.25, -0.2) is 4.98 Å². The van der Waals surface area contributed by atoms with E-state index >= 15 is 0 Å². The number of hydrogen-bond acceptors (Lipinski definition) is 5. The molecule has 6 nitrogen and oxygen atoms in total. The first-order valence-electron chi connectivity index (χ1n) is 9.22. The number of carbonyl (C=O) groups excluding carboxylic acids is 1. The Morgan fingerprint density at radius 1 is 1.46 bits per heavy atom. The number of hydrogen-bond donors (Lipinski definition) is 1. The van der Waals surface area contributed by atoms with E-state index in [0.29, 0.717) is 11.3 Å². The van der Waals surface area contributed by atoms with Crippen LogP contribution in [-0.2, 0) is 11.3 Å². The Balaban J connectivity index is 1.64. The van der Waals surface area contributed by atoms with E-state index in [9.17, 15) is 9.59 Å². The van der Waals surface area contributed by atoms with Crippen molar-refractivity contribution in [2.45, 2.75) is 52.6 Å². The van der Waals surface area contributed by atoms with Crippen LogP contribution in [0.2, 0.25) is 0 Å². The lowest BCUT2D eigenvalue weighted by molar-refractivity contribution is -0.123. The Morgan fingerprint density at radius 3 is 2.96 bits per heavy atom. The number of amides is 1. The summed E-state index contributed by atoms with van der Waals surface area (Å²) in [6.45, 7) is 11.3. The van der Waals surface area contributed by atoms with Crippen molar-refractivity contribution in [1.29, 1.82) is 0 Å². The number of nitrogens with one attached hydrogen (secondary N) is 1. The lowest BCUT2D eigenvalue weighted by Gasteiger charge is -2.37. The second kappa shape index (κ2) is 7.48. The van der Waals surface area contributed by atoms with Crippen LogP contribution in [0.5, 0.6) is 0 Å². The highest BCUT2D eigenvalue weighted by Gasteiger charge is 2.26. The first-order chi connectivity index (χ1) is 12.2. The molecule has 0 radical (unpaired) electrons. The molecule has 3 rings (SSSR count). The second-order valence-electron chi connectivity index (χ2n) is 8.17. The fraction of sp³-hybridized carbons (Fsp3) is 0.632. The van der Waals surface area contributed by atoms with Gasteiger partial charge in [0.2, 0.25) is 5.91 Å². The average molecular weight is 377 g/mol. The summed E-state index contributed by atoms with van der Waals surface area (Å²) < 4.78 is 1.39. The molecule has 1 fully saturated rings. The minimum Gasteiger partial charge on any atom is -0.348 e. The maximum absolute atomic E-state index is 12.5. The van der Waals surface area contributed by atoms with Gasteiger partial charge in [0, 0.05) is 23.5 Å². The largest absolute Gasteiger partial charge is 0.348 e. The minimum atomic E-state index is -0.339. The lowest BCUT2D eigenvalue weighted by Crippen LogP contribution is -2.54. The van der Waals surface area contributed by atoms with Crippen molar-refractivity contribution < 1.29 is 4.79 Å². The predicted octanol–water partition coefficient (Wildman–Crippen LogP) is 2.39. The number of carbonyl (C=O) groups is 1. The SMILES string of the molecule is Cc1cc2c(=O)n(CC(=O)NC(C)(C)CN3CCCC(C)C3)cnc2s1.